The molecule has 0 aliphatic rings. The van der Waals surface area contributed by atoms with E-state index < -0.39 is 0 Å². The number of hydrogen-bond acceptors (Lipinski definition) is 2. The topological polar surface area (TPSA) is 15.3 Å². The second-order valence-corrected chi connectivity index (χ2v) is 4.80. The normalized spacial score (nSPS) is 12.9. The van der Waals surface area contributed by atoms with Crippen molar-refractivity contribution in [2.45, 2.75) is 32.2 Å². The van der Waals surface area contributed by atoms with E-state index in [2.05, 4.69) is 61.6 Å². The summed E-state index contributed by atoms with van der Waals surface area (Å²) in [4.78, 5) is 2.28. The van der Waals surface area contributed by atoms with Crippen molar-refractivity contribution in [1.82, 2.24) is 10.2 Å². The molecule has 0 saturated heterocycles. The summed E-state index contributed by atoms with van der Waals surface area (Å²) in [7, 11) is 4.29. The van der Waals surface area contributed by atoms with Crippen molar-refractivity contribution in [2.24, 2.45) is 0 Å². The molecule has 96 valence electrons. The third-order valence-corrected chi connectivity index (χ3v) is 3.10. The van der Waals surface area contributed by atoms with Gasteiger partial charge in [-0.1, -0.05) is 50.1 Å². The largest absolute Gasteiger partial charge is 0.315 e. The van der Waals surface area contributed by atoms with Crippen molar-refractivity contribution in [3.63, 3.8) is 0 Å². The first-order valence-corrected chi connectivity index (χ1v) is 6.67. The van der Waals surface area contributed by atoms with Gasteiger partial charge in [-0.15, -0.1) is 0 Å². The average Bonchev–Trinajstić information content (AvgIpc) is 2.34. The fourth-order valence-electron chi connectivity index (χ4n) is 2.01. The van der Waals surface area contributed by atoms with Gasteiger partial charge in [0.1, 0.15) is 0 Å². The summed E-state index contributed by atoms with van der Waals surface area (Å²) in [5.74, 6) is 0. The number of unbranched alkanes of at least 4 members (excludes halogenated alkanes) is 2. The molecule has 1 N–H and O–H groups in total. The van der Waals surface area contributed by atoms with Gasteiger partial charge in [0.25, 0.3) is 0 Å². The number of benzene rings is 1. The Morgan fingerprint density at radius 3 is 2.41 bits per heavy atom. The molecular weight excluding hydrogens is 208 g/mol. The molecular formula is C15H26N2. The summed E-state index contributed by atoms with van der Waals surface area (Å²) in [5, 5.41) is 3.56. The van der Waals surface area contributed by atoms with Crippen LogP contribution in [-0.4, -0.2) is 32.1 Å². The minimum atomic E-state index is 0.470. The first kappa shape index (κ1) is 14.2. The van der Waals surface area contributed by atoms with Gasteiger partial charge in [-0.05, 0) is 32.6 Å². The third-order valence-electron chi connectivity index (χ3n) is 3.10. The molecule has 0 radical (unpaired) electrons. The highest BCUT2D eigenvalue weighted by atomic mass is 15.1. The second kappa shape index (κ2) is 8.26. The minimum absolute atomic E-state index is 0.470. The van der Waals surface area contributed by atoms with Crippen molar-refractivity contribution in [1.29, 1.82) is 0 Å². The van der Waals surface area contributed by atoms with Crippen LogP contribution >= 0.6 is 0 Å². The van der Waals surface area contributed by atoms with Gasteiger partial charge in [0.05, 0.1) is 0 Å². The van der Waals surface area contributed by atoms with E-state index in [-0.39, 0.29) is 0 Å². The van der Waals surface area contributed by atoms with Gasteiger partial charge in [-0.3, -0.25) is 0 Å². The van der Waals surface area contributed by atoms with Gasteiger partial charge in [0, 0.05) is 12.6 Å². The van der Waals surface area contributed by atoms with E-state index >= 15 is 0 Å². The van der Waals surface area contributed by atoms with Crippen LogP contribution in [0.3, 0.4) is 0 Å². The maximum absolute atomic E-state index is 3.56. The Morgan fingerprint density at radius 2 is 1.82 bits per heavy atom. The monoisotopic (exact) mass is 234 g/mol. The van der Waals surface area contributed by atoms with Gasteiger partial charge in [0.2, 0.25) is 0 Å². The Morgan fingerprint density at radius 1 is 1.12 bits per heavy atom. The number of nitrogens with one attached hydrogen (secondary N) is 1. The van der Waals surface area contributed by atoms with Gasteiger partial charge in [-0.25, -0.2) is 0 Å². The first-order valence-electron chi connectivity index (χ1n) is 6.67. The van der Waals surface area contributed by atoms with Crippen LogP contribution in [0.2, 0.25) is 0 Å². The zero-order valence-corrected chi connectivity index (χ0v) is 11.4. The first-order chi connectivity index (χ1) is 8.25. The Balaban J connectivity index is 2.40. The lowest BCUT2D eigenvalue weighted by Gasteiger charge is -2.25. The van der Waals surface area contributed by atoms with Gasteiger partial charge in [0.15, 0.2) is 0 Å². The molecule has 1 aromatic rings. The molecule has 1 aromatic carbocycles. The van der Waals surface area contributed by atoms with Crippen molar-refractivity contribution in [3.8, 4) is 0 Å². The summed E-state index contributed by atoms with van der Waals surface area (Å²) in [6.07, 6.45) is 3.90. The van der Waals surface area contributed by atoms with Crippen molar-refractivity contribution in [3.05, 3.63) is 35.9 Å². The molecule has 1 atom stereocenters. The number of hydrogen-bond donors (Lipinski definition) is 1. The molecule has 1 rings (SSSR count). The lowest BCUT2D eigenvalue weighted by Crippen LogP contribution is -2.31. The van der Waals surface area contributed by atoms with Crippen LogP contribution in [0.25, 0.3) is 0 Å². The Labute approximate surface area is 106 Å². The summed E-state index contributed by atoms with van der Waals surface area (Å²) < 4.78 is 0. The molecule has 0 heterocycles. The molecule has 2 heteroatoms. The van der Waals surface area contributed by atoms with E-state index in [9.17, 15) is 0 Å². The highest BCUT2D eigenvalue weighted by molar-refractivity contribution is 5.19. The smallest absolute Gasteiger partial charge is 0.0466 e. The molecule has 0 aliphatic heterocycles. The van der Waals surface area contributed by atoms with E-state index in [0.717, 1.165) is 13.1 Å². The number of rotatable bonds is 8. The average molecular weight is 234 g/mol. The number of likely N-dealkylation sites (N-methyl/N-ethyl adjacent to an activating group) is 1. The van der Waals surface area contributed by atoms with E-state index in [1.54, 1.807) is 0 Å². The van der Waals surface area contributed by atoms with E-state index in [0.29, 0.717) is 6.04 Å². The highest BCUT2D eigenvalue weighted by Crippen LogP contribution is 2.16. The van der Waals surface area contributed by atoms with E-state index in [1.165, 1.54) is 24.8 Å². The molecule has 0 bridgehead atoms. The van der Waals surface area contributed by atoms with Gasteiger partial charge < -0.3 is 10.2 Å². The number of nitrogens with zero attached hydrogens (tertiary/aromatic N) is 1. The zero-order valence-electron chi connectivity index (χ0n) is 11.4. The van der Waals surface area contributed by atoms with Crippen molar-refractivity contribution >= 4 is 0 Å². The predicted octanol–water partition coefficient (Wildman–Crippen LogP) is 3.07. The predicted molar refractivity (Wildman–Crippen MR) is 75.3 cm³/mol. The maximum atomic E-state index is 3.56. The van der Waals surface area contributed by atoms with Crippen molar-refractivity contribution < 1.29 is 0 Å². The van der Waals surface area contributed by atoms with Gasteiger partial charge >= 0.3 is 0 Å². The molecule has 0 amide bonds. The molecule has 0 aliphatic carbocycles. The Bertz CT molecular complexity index is 282. The molecule has 0 spiro atoms. The van der Waals surface area contributed by atoms with E-state index in [4.69, 9.17) is 0 Å². The van der Waals surface area contributed by atoms with Crippen LogP contribution < -0.4 is 5.32 Å². The van der Waals surface area contributed by atoms with Crippen molar-refractivity contribution in [2.75, 3.05) is 27.2 Å². The van der Waals surface area contributed by atoms with Gasteiger partial charge in [-0.2, -0.15) is 0 Å². The molecule has 0 saturated carbocycles. The Hall–Kier alpha value is -0.860. The minimum Gasteiger partial charge on any atom is -0.315 e. The molecule has 0 fully saturated rings. The summed E-state index contributed by atoms with van der Waals surface area (Å²) >= 11 is 0. The second-order valence-electron chi connectivity index (χ2n) is 4.80. The summed E-state index contributed by atoms with van der Waals surface area (Å²) in [6.45, 7) is 4.40. The standard InChI is InChI=1S/C15H26N2/c1-4-5-9-12-16-13-15(17(2)3)14-10-7-6-8-11-14/h6-8,10-11,15-16H,4-5,9,12-13H2,1-3H3. The van der Waals surface area contributed by atoms with E-state index in [1.807, 2.05) is 0 Å². The maximum Gasteiger partial charge on any atom is 0.0466 e. The molecule has 1 unspecified atom stereocenters. The summed E-state index contributed by atoms with van der Waals surface area (Å²) in [6, 6.07) is 11.2. The van der Waals surface area contributed by atoms with Crippen LogP contribution in [0, 0.1) is 0 Å². The Kier molecular flexibility index (Phi) is 6.90. The van der Waals surface area contributed by atoms with Crippen LogP contribution in [-0.2, 0) is 0 Å². The molecule has 17 heavy (non-hydrogen) atoms. The fourth-order valence-corrected chi connectivity index (χ4v) is 2.01. The highest BCUT2D eigenvalue weighted by Gasteiger charge is 2.12. The SMILES string of the molecule is CCCCCNCC(c1ccccc1)N(C)C. The molecule has 2 nitrogen and oxygen atoms in total. The van der Waals surface area contributed by atoms with Crippen LogP contribution in [0.4, 0.5) is 0 Å². The lowest BCUT2D eigenvalue weighted by molar-refractivity contribution is 0.288. The van der Waals surface area contributed by atoms with Crippen LogP contribution in [0.5, 0.6) is 0 Å². The lowest BCUT2D eigenvalue weighted by atomic mass is 10.1. The third kappa shape index (κ3) is 5.33. The quantitative estimate of drug-likeness (QED) is 0.695. The summed E-state index contributed by atoms with van der Waals surface area (Å²) in [5.41, 5.74) is 1.39. The molecule has 0 aromatic heterocycles. The van der Waals surface area contributed by atoms with Crippen LogP contribution in [0.15, 0.2) is 30.3 Å². The van der Waals surface area contributed by atoms with Crippen LogP contribution in [0.1, 0.15) is 37.8 Å². The fraction of sp³-hybridized carbons (Fsp3) is 0.600. The zero-order chi connectivity index (χ0) is 12.5.